The first kappa shape index (κ1) is 12.0. The number of furan rings is 1. The molecule has 1 amide bonds. The molecule has 0 aliphatic rings. The molecule has 0 bridgehead atoms. The number of benzene rings is 1. The predicted octanol–water partition coefficient (Wildman–Crippen LogP) is 3.21. The van der Waals surface area contributed by atoms with Crippen molar-refractivity contribution in [1.82, 2.24) is 0 Å². The van der Waals surface area contributed by atoms with Crippen LogP contribution in [0.2, 0.25) is 0 Å². The summed E-state index contributed by atoms with van der Waals surface area (Å²) in [6.45, 7) is 0. The van der Waals surface area contributed by atoms with Gasteiger partial charge in [0.25, 0.3) is 0 Å². The third-order valence-electron chi connectivity index (χ3n) is 2.13. The Bertz CT molecular complexity index is 577. The average Bonchev–Trinajstić information content (AvgIpc) is 2.83. The first-order chi connectivity index (χ1) is 8.65. The number of carbonyl (C=O) groups excluding carboxylic acids is 1. The van der Waals surface area contributed by atoms with Crippen LogP contribution in [0.1, 0.15) is 5.76 Å². The number of hydrogen-bond donors (Lipinski definition) is 1. The van der Waals surface area contributed by atoms with Crippen molar-refractivity contribution in [2.75, 3.05) is 5.32 Å². The molecule has 1 heterocycles. The molecule has 2 aromatic rings. The third kappa shape index (κ3) is 3.04. The van der Waals surface area contributed by atoms with E-state index in [1.165, 1.54) is 18.4 Å². The fourth-order valence-electron chi connectivity index (χ4n) is 1.31. The van der Waals surface area contributed by atoms with Gasteiger partial charge in [-0.1, -0.05) is 0 Å². The van der Waals surface area contributed by atoms with Crippen LogP contribution >= 0.6 is 0 Å². The second kappa shape index (κ2) is 5.27. The molecular formula is C13H9F2NO2. The van der Waals surface area contributed by atoms with Crippen molar-refractivity contribution in [3.63, 3.8) is 0 Å². The molecular weight excluding hydrogens is 240 g/mol. The lowest BCUT2D eigenvalue weighted by Crippen LogP contribution is -2.09. The van der Waals surface area contributed by atoms with E-state index < -0.39 is 17.5 Å². The van der Waals surface area contributed by atoms with Gasteiger partial charge in [-0.15, -0.1) is 0 Å². The molecule has 0 aliphatic heterocycles. The lowest BCUT2D eigenvalue weighted by Gasteiger charge is -2.03. The molecule has 3 nitrogen and oxygen atoms in total. The van der Waals surface area contributed by atoms with Gasteiger partial charge in [-0.25, -0.2) is 8.78 Å². The van der Waals surface area contributed by atoms with E-state index in [1.54, 1.807) is 12.1 Å². The van der Waals surface area contributed by atoms with Crippen molar-refractivity contribution in [2.24, 2.45) is 0 Å². The van der Waals surface area contributed by atoms with Crippen molar-refractivity contribution in [2.45, 2.75) is 0 Å². The maximum absolute atomic E-state index is 13.2. The normalized spacial score (nSPS) is 10.8. The number of anilines is 1. The minimum Gasteiger partial charge on any atom is -0.465 e. The summed E-state index contributed by atoms with van der Waals surface area (Å²) in [6, 6.07) is 6.27. The summed E-state index contributed by atoms with van der Waals surface area (Å²) >= 11 is 0. The SMILES string of the molecule is O=C(C=Cc1ccco1)Nc1ccc(F)cc1F. The Morgan fingerprint density at radius 2 is 2.11 bits per heavy atom. The van der Waals surface area contributed by atoms with Crippen LogP contribution < -0.4 is 5.32 Å². The lowest BCUT2D eigenvalue weighted by atomic mass is 10.3. The van der Waals surface area contributed by atoms with E-state index in [0.717, 1.165) is 12.1 Å². The largest absolute Gasteiger partial charge is 0.465 e. The van der Waals surface area contributed by atoms with Gasteiger partial charge >= 0.3 is 0 Å². The molecule has 0 unspecified atom stereocenters. The molecule has 0 radical (unpaired) electrons. The fraction of sp³-hybridized carbons (Fsp3) is 0. The van der Waals surface area contributed by atoms with Crippen LogP contribution in [0.5, 0.6) is 0 Å². The molecule has 0 spiro atoms. The Morgan fingerprint density at radius 1 is 1.28 bits per heavy atom. The molecule has 92 valence electrons. The quantitative estimate of drug-likeness (QED) is 0.849. The zero-order valence-electron chi connectivity index (χ0n) is 9.19. The van der Waals surface area contributed by atoms with Crippen molar-refractivity contribution < 1.29 is 18.0 Å². The standard InChI is InChI=1S/C13H9F2NO2/c14-9-3-5-12(11(15)8-9)16-13(17)6-4-10-2-1-7-18-10/h1-8H,(H,16,17). The van der Waals surface area contributed by atoms with E-state index in [9.17, 15) is 13.6 Å². The van der Waals surface area contributed by atoms with E-state index in [2.05, 4.69) is 5.32 Å². The molecule has 0 atom stereocenters. The highest BCUT2D eigenvalue weighted by molar-refractivity contribution is 6.01. The van der Waals surface area contributed by atoms with Crippen LogP contribution in [0.4, 0.5) is 14.5 Å². The zero-order chi connectivity index (χ0) is 13.0. The predicted molar refractivity (Wildman–Crippen MR) is 62.7 cm³/mol. The minimum atomic E-state index is -0.824. The van der Waals surface area contributed by atoms with Crippen molar-refractivity contribution in [3.8, 4) is 0 Å². The molecule has 0 aliphatic carbocycles. The van der Waals surface area contributed by atoms with Gasteiger partial charge in [0.05, 0.1) is 12.0 Å². The van der Waals surface area contributed by atoms with Crippen molar-refractivity contribution >= 4 is 17.7 Å². The zero-order valence-corrected chi connectivity index (χ0v) is 9.19. The maximum atomic E-state index is 13.2. The fourth-order valence-corrected chi connectivity index (χ4v) is 1.31. The monoisotopic (exact) mass is 249 g/mol. The first-order valence-electron chi connectivity index (χ1n) is 5.13. The Hall–Kier alpha value is -2.43. The van der Waals surface area contributed by atoms with Crippen LogP contribution in [0.3, 0.4) is 0 Å². The number of rotatable bonds is 3. The van der Waals surface area contributed by atoms with Crippen LogP contribution in [-0.2, 0) is 4.79 Å². The third-order valence-corrected chi connectivity index (χ3v) is 2.13. The molecule has 1 aromatic carbocycles. The number of hydrogen-bond acceptors (Lipinski definition) is 2. The van der Waals surface area contributed by atoms with Gasteiger partial charge in [0.1, 0.15) is 17.4 Å². The molecule has 18 heavy (non-hydrogen) atoms. The number of nitrogens with one attached hydrogen (secondary N) is 1. The van der Waals surface area contributed by atoms with E-state index in [4.69, 9.17) is 4.42 Å². The minimum absolute atomic E-state index is 0.0782. The lowest BCUT2D eigenvalue weighted by molar-refractivity contribution is -0.111. The van der Waals surface area contributed by atoms with Crippen LogP contribution in [0.15, 0.2) is 47.1 Å². The maximum Gasteiger partial charge on any atom is 0.248 e. The van der Waals surface area contributed by atoms with E-state index in [-0.39, 0.29) is 5.69 Å². The van der Waals surface area contributed by atoms with Crippen molar-refractivity contribution in [3.05, 3.63) is 60.1 Å². The topological polar surface area (TPSA) is 42.2 Å². The van der Waals surface area contributed by atoms with Gasteiger partial charge in [-0.3, -0.25) is 4.79 Å². The molecule has 0 fully saturated rings. The highest BCUT2D eigenvalue weighted by atomic mass is 19.1. The van der Waals surface area contributed by atoms with Crippen molar-refractivity contribution in [1.29, 1.82) is 0 Å². The van der Waals surface area contributed by atoms with Crippen LogP contribution in [0.25, 0.3) is 6.08 Å². The average molecular weight is 249 g/mol. The van der Waals surface area contributed by atoms with Crippen LogP contribution in [-0.4, -0.2) is 5.91 Å². The van der Waals surface area contributed by atoms with Gasteiger partial charge in [0.2, 0.25) is 5.91 Å². The van der Waals surface area contributed by atoms with Gasteiger partial charge in [0, 0.05) is 12.1 Å². The van der Waals surface area contributed by atoms with Gasteiger partial charge < -0.3 is 9.73 Å². The summed E-state index contributed by atoms with van der Waals surface area (Å²) < 4.78 is 30.8. The number of halogens is 2. The smallest absolute Gasteiger partial charge is 0.248 e. The summed E-state index contributed by atoms with van der Waals surface area (Å²) in [5, 5.41) is 2.29. The van der Waals surface area contributed by atoms with E-state index >= 15 is 0 Å². The summed E-state index contributed by atoms with van der Waals surface area (Å²) in [7, 11) is 0. The molecule has 0 saturated carbocycles. The molecule has 1 aromatic heterocycles. The Kier molecular flexibility index (Phi) is 3.52. The first-order valence-corrected chi connectivity index (χ1v) is 5.13. The number of carbonyl (C=O) groups is 1. The summed E-state index contributed by atoms with van der Waals surface area (Å²) in [5.41, 5.74) is -0.0782. The molecule has 1 N–H and O–H groups in total. The van der Waals surface area contributed by atoms with Crippen LogP contribution in [0, 0.1) is 11.6 Å². The Balaban J connectivity index is 2.03. The summed E-state index contributed by atoms with van der Waals surface area (Å²) in [6.07, 6.45) is 4.11. The Morgan fingerprint density at radius 3 is 2.78 bits per heavy atom. The molecule has 0 saturated heterocycles. The molecule has 2 rings (SSSR count). The summed E-state index contributed by atoms with van der Waals surface area (Å²) in [4.78, 5) is 11.4. The summed E-state index contributed by atoms with van der Waals surface area (Å²) in [5.74, 6) is -1.55. The number of amides is 1. The van der Waals surface area contributed by atoms with E-state index in [1.807, 2.05) is 0 Å². The second-order valence-electron chi connectivity index (χ2n) is 3.46. The Labute approximate surface area is 102 Å². The van der Waals surface area contributed by atoms with Gasteiger partial charge in [-0.05, 0) is 30.3 Å². The highest BCUT2D eigenvalue weighted by Crippen LogP contribution is 2.15. The van der Waals surface area contributed by atoms with Gasteiger partial charge in [0.15, 0.2) is 0 Å². The second-order valence-corrected chi connectivity index (χ2v) is 3.46. The van der Waals surface area contributed by atoms with E-state index in [0.29, 0.717) is 11.8 Å². The highest BCUT2D eigenvalue weighted by Gasteiger charge is 2.05. The van der Waals surface area contributed by atoms with Gasteiger partial charge in [-0.2, -0.15) is 0 Å². The molecule has 5 heteroatoms.